The minimum atomic E-state index is -0.432. The van der Waals surface area contributed by atoms with Gasteiger partial charge in [-0.05, 0) is 39.5 Å². The van der Waals surface area contributed by atoms with Crippen molar-refractivity contribution >= 4 is 5.91 Å². The Morgan fingerprint density at radius 2 is 2.00 bits per heavy atom. The number of carbonyl (C=O) groups is 1. The summed E-state index contributed by atoms with van der Waals surface area (Å²) in [5.41, 5.74) is -0.432. The lowest BCUT2D eigenvalue weighted by atomic mass is 9.97. The summed E-state index contributed by atoms with van der Waals surface area (Å²) in [7, 11) is 1.70. The molecule has 1 saturated heterocycles. The van der Waals surface area contributed by atoms with Gasteiger partial charge in [0, 0.05) is 45.9 Å². The van der Waals surface area contributed by atoms with Crippen LogP contribution in [-0.2, 0) is 9.53 Å². The van der Waals surface area contributed by atoms with Crippen LogP contribution in [0, 0.1) is 5.92 Å². The molecule has 0 spiro atoms. The highest BCUT2D eigenvalue weighted by Gasteiger charge is 2.42. The van der Waals surface area contributed by atoms with E-state index in [9.17, 15) is 4.79 Å². The zero-order chi connectivity index (χ0) is 15.5. The van der Waals surface area contributed by atoms with Gasteiger partial charge in [0.1, 0.15) is 0 Å². The van der Waals surface area contributed by atoms with Crippen molar-refractivity contribution in [2.24, 2.45) is 5.92 Å². The summed E-state index contributed by atoms with van der Waals surface area (Å²) in [6, 6.07) is 0.329. The maximum absolute atomic E-state index is 13.2. The van der Waals surface area contributed by atoms with Crippen LogP contribution < -0.4 is 5.32 Å². The minimum Gasteiger partial charge on any atom is -0.383 e. The Morgan fingerprint density at radius 3 is 2.52 bits per heavy atom. The highest BCUT2D eigenvalue weighted by atomic mass is 16.5. The zero-order valence-electron chi connectivity index (χ0n) is 14.0. The van der Waals surface area contributed by atoms with Gasteiger partial charge in [-0.15, -0.1) is 0 Å². The summed E-state index contributed by atoms with van der Waals surface area (Å²) >= 11 is 0. The number of hydrogen-bond donors (Lipinski definition) is 1. The summed E-state index contributed by atoms with van der Waals surface area (Å²) in [6.07, 6.45) is 2.51. The highest BCUT2D eigenvalue weighted by Crippen LogP contribution is 2.36. The molecule has 1 saturated carbocycles. The van der Waals surface area contributed by atoms with Crippen LogP contribution in [0.5, 0.6) is 0 Å². The van der Waals surface area contributed by atoms with Crippen molar-refractivity contribution in [3.63, 3.8) is 0 Å². The molecule has 21 heavy (non-hydrogen) atoms. The van der Waals surface area contributed by atoms with Gasteiger partial charge in [-0.2, -0.15) is 0 Å². The number of amides is 1. The van der Waals surface area contributed by atoms with Crippen molar-refractivity contribution in [2.45, 2.75) is 45.2 Å². The molecule has 1 aliphatic heterocycles. The number of rotatable bonds is 7. The van der Waals surface area contributed by atoms with Gasteiger partial charge in [0.15, 0.2) is 0 Å². The van der Waals surface area contributed by atoms with Crippen LogP contribution in [0.4, 0.5) is 0 Å². The molecule has 122 valence electrons. The van der Waals surface area contributed by atoms with E-state index in [-0.39, 0.29) is 5.91 Å². The standard InChI is InChI=1S/C16H31N3O2/c1-13(14-5-6-14)19(11-12-21-4)15(20)16(2,3)18-9-7-17-8-10-18/h13-14,17H,5-12H2,1-4H3. The Bertz CT molecular complexity index is 349. The lowest BCUT2D eigenvalue weighted by Crippen LogP contribution is -2.62. The van der Waals surface area contributed by atoms with E-state index >= 15 is 0 Å². The molecular formula is C16H31N3O2. The first kappa shape index (κ1) is 16.7. The van der Waals surface area contributed by atoms with E-state index in [1.165, 1.54) is 12.8 Å². The van der Waals surface area contributed by atoms with Gasteiger partial charge in [-0.3, -0.25) is 9.69 Å². The fraction of sp³-hybridized carbons (Fsp3) is 0.938. The van der Waals surface area contributed by atoms with Crippen LogP contribution in [-0.4, -0.2) is 73.7 Å². The van der Waals surface area contributed by atoms with Gasteiger partial charge in [-0.1, -0.05) is 0 Å². The molecule has 0 aromatic rings. The summed E-state index contributed by atoms with van der Waals surface area (Å²) in [5, 5.41) is 3.35. The Labute approximate surface area is 129 Å². The molecule has 0 radical (unpaired) electrons. The second-order valence-corrected chi connectivity index (χ2v) is 6.87. The molecule has 5 nitrogen and oxygen atoms in total. The first-order valence-corrected chi connectivity index (χ1v) is 8.24. The molecule has 1 aliphatic carbocycles. The molecule has 0 aromatic heterocycles. The number of ether oxygens (including phenoxy) is 1. The smallest absolute Gasteiger partial charge is 0.242 e. The Kier molecular flexibility index (Phi) is 5.63. The van der Waals surface area contributed by atoms with Crippen molar-refractivity contribution in [3.8, 4) is 0 Å². The zero-order valence-corrected chi connectivity index (χ0v) is 14.0. The van der Waals surface area contributed by atoms with Crippen LogP contribution in [0.3, 0.4) is 0 Å². The van der Waals surface area contributed by atoms with Crippen LogP contribution in [0.1, 0.15) is 33.6 Å². The molecule has 0 bridgehead atoms. The topological polar surface area (TPSA) is 44.8 Å². The number of hydrogen-bond acceptors (Lipinski definition) is 4. The van der Waals surface area contributed by atoms with E-state index in [1.54, 1.807) is 7.11 Å². The van der Waals surface area contributed by atoms with E-state index in [0.29, 0.717) is 25.1 Å². The van der Waals surface area contributed by atoms with Crippen molar-refractivity contribution in [1.82, 2.24) is 15.1 Å². The number of methoxy groups -OCH3 is 1. The van der Waals surface area contributed by atoms with Crippen molar-refractivity contribution in [2.75, 3.05) is 46.4 Å². The van der Waals surface area contributed by atoms with Crippen LogP contribution in [0.2, 0.25) is 0 Å². The second kappa shape index (κ2) is 7.07. The molecule has 2 aliphatic rings. The molecule has 5 heteroatoms. The lowest BCUT2D eigenvalue weighted by Gasteiger charge is -2.44. The van der Waals surface area contributed by atoms with Crippen molar-refractivity contribution in [3.05, 3.63) is 0 Å². The molecule has 0 aromatic carbocycles. The molecular weight excluding hydrogens is 266 g/mol. The highest BCUT2D eigenvalue weighted by molar-refractivity contribution is 5.86. The van der Waals surface area contributed by atoms with Crippen LogP contribution in [0.15, 0.2) is 0 Å². The van der Waals surface area contributed by atoms with E-state index in [2.05, 4.69) is 35.9 Å². The summed E-state index contributed by atoms with van der Waals surface area (Å²) < 4.78 is 5.21. The third kappa shape index (κ3) is 3.96. The lowest BCUT2D eigenvalue weighted by molar-refractivity contribution is -0.146. The van der Waals surface area contributed by atoms with Gasteiger partial charge in [0.05, 0.1) is 12.1 Å². The predicted molar refractivity (Wildman–Crippen MR) is 84.3 cm³/mol. The van der Waals surface area contributed by atoms with Gasteiger partial charge in [0.2, 0.25) is 5.91 Å². The number of nitrogens with zero attached hydrogens (tertiary/aromatic N) is 2. The fourth-order valence-corrected chi connectivity index (χ4v) is 3.22. The van der Waals surface area contributed by atoms with Gasteiger partial charge < -0.3 is 15.0 Å². The number of carbonyl (C=O) groups excluding carboxylic acids is 1. The maximum Gasteiger partial charge on any atom is 0.242 e. The van der Waals surface area contributed by atoms with Crippen LogP contribution in [0.25, 0.3) is 0 Å². The third-order valence-corrected chi connectivity index (χ3v) is 5.02. The molecule has 2 rings (SSSR count). The average molecular weight is 297 g/mol. The first-order valence-electron chi connectivity index (χ1n) is 8.24. The normalized spacial score (nSPS) is 22.1. The van der Waals surface area contributed by atoms with E-state index in [4.69, 9.17) is 4.74 Å². The molecule has 1 heterocycles. The van der Waals surface area contributed by atoms with Crippen molar-refractivity contribution in [1.29, 1.82) is 0 Å². The monoisotopic (exact) mass is 297 g/mol. The van der Waals surface area contributed by atoms with Crippen molar-refractivity contribution < 1.29 is 9.53 Å². The van der Waals surface area contributed by atoms with E-state index in [0.717, 1.165) is 26.2 Å². The van der Waals surface area contributed by atoms with E-state index in [1.807, 2.05) is 0 Å². The number of piperazine rings is 1. The third-order valence-electron chi connectivity index (χ3n) is 5.02. The van der Waals surface area contributed by atoms with Gasteiger partial charge in [-0.25, -0.2) is 0 Å². The summed E-state index contributed by atoms with van der Waals surface area (Å²) in [5.74, 6) is 0.936. The fourth-order valence-electron chi connectivity index (χ4n) is 3.22. The molecule has 1 N–H and O–H groups in total. The Hall–Kier alpha value is -0.650. The Balaban J connectivity index is 2.06. The molecule has 2 fully saturated rings. The quantitative estimate of drug-likeness (QED) is 0.760. The minimum absolute atomic E-state index is 0.251. The maximum atomic E-state index is 13.2. The Morgan fingerprint density at radius 1 is 1.38 bits per heavy atom. The SMILES string of the molecule is COCCN(C(=O)C(C)(C)N1CCNCC1)C(C)C1CC1. The largest absolute Gasteiger partial charge is 0.383 e. The first-order chi connectivity index (χ1) is 9.98. The molecule has 1 atom stereocenters. The summed E-state index contributed by atoms with van der Waals surface area (Å²) in [4.78, 5) is 17.5. The second-order valence-electron chi connectivity index (χ2n) is 6.87. The number of nitrogens with one attached hydrogen (secondary N) is 1. The molecule has 1 unspecified atom stereocenters. The van der Waals surface area contributed by atoms with Gasteiger partial charge >= 0.3 is 0 Å². The average Bonchev–Trinajstić information content (AvgIpc) is 3.32. The van der Waals surface area contributed by atoms with E-state index < -0.39 is 5.54 Å². The molecule has 1 amide bonds. The predicted octanol–water partition coefficient (Wildman–Crippen LogP) is 0.944. The van der Waals surface area contributed by atoms with Crippen LogP contribution >= 0.6 is 0 Å². The summed E-state index contributed by atoms with van der Waals surface area (Å²) in [6.45, 7) is 11.4. The van der Waals surface area contributed by atoms with Gasteiger partial charge in [0.25, 0.3) is 0 Å².